The third-order valence-corrected chi connectivity index (χ3v) is 6.04. The Morgan fingerprint density at radius 2 is 1.30 bits per heavy atom. The first-order chi connectivity index (χ1) is 14.6. The SMILES string of the molecule is CCCCN1C(=O)NC2(c3ccccc3)NC(=O)N(CCCO)C12c1ccccc1. The second-order valence-corrected chi connectivity index (χ2v) is 7.75. The van der Waals surface area contributed by atoms with Crippen LogP contribution in [0.3, 0.4) is 0 Å². The fraction of sp³-hybridized carbons (Fsp3) is 0.391. The molecule has 3 N–H and O–H groups in total. The number of carbonyl (C=O) groups is 2. The zero-order valence-corrected chi connectivity index (χ0v) is 17.2. The van der Waals surface area contributed by atoms with Gasteiger partial charge < -0.3 is 15.7 Å². The van der Waals surface area contributed by atoms with Gasteiger partial charge in [0.15, 0.2) is 11.3 Å². The molecule has 158 valence electrons. The quantitative estimate of drug-likeness (QED) is 0.628. The van der Waals surface area contributed by atoms with E-state index in [0.717, 1.165) is 24.0 Å². The van der Waals surface area contributed by atoms with E-state index in [-0.39, 0.29) is 18.7 Å². The first-order valence-corrected chi connectivity index (χ1v) is 10.5. The van der Waals surface area contributed by atoms with E-state index in [1.165, 1.54) is 0 Å². The normalized spacial score (nSPS) is 25.3. The van der Waals surface area contributed by atoms with Crippen molar-refractivity contribution in [3.63, 3.8) is 0 Å². The fourth-order valence-corrected chi connectivity index (χ4v) is 4.81. The van der Waals surface area contributed by atoms with E-state index in [4.69, 9.17) is 0 Å². The lowest BCUT2D eigenvalue weighted by atomic mass is 9.81. The molecule has 2 aromatic rings. The largest absolute Gasteiger partial charge is 0.396 e. The molecule has 7 nitrogen and oxygen atoms in total. The lowest BCUT2D eigenvalue weighted by Gasteiger charge is -2.47. The van der Waals surface area contributed by atoms with Crippen LogP contribution >= 0.6 is 0 Å². The third-order valence-electron chi connectivity index (χ3n) is 6.04. The third kappa shape index (κ3) is 2.76. The number of unbranched alkanes of at least 4 members (excludes halogenated alkanes) is 1. The highest BCUT2D eigenvalue weighted by atomic mass is 16.3. The van der Waals surface area contributed by atoms with Gasteiger partial charge >= 0.3 is 12.1 Å². The highest BCUT2D eigenvalue weighted by Gasteiger charge is 2.73. The Morgan fingerprint density at radius 1 is 0.800 bits per heavy atom. The molecule has 7 heteroatoms. The Kier molecular flexibility index (Phi) is 5.39. The summed E-state index contributed by atoms with van der Waals surface area (Å²) in [5.41, 5.74) is -0.582. The number of hydrogen-bond acceptors (Lipinski definition) is 3. The van der Waals surface area contributed by atoms with Crippen LogP contribution in [0.1, 0.15) is 37.3 Å². The van der Waals surface area contributed by atoms with Crippen molar-refractivity contribution in [3.05, 3.63) is 71.8 Å². The van der Waals surface area contributed by atoms with E-state index >= 15 is 0 Å². The van der Waals surface area contributed by atoms with Crippen molar-refractivity contribution in [3.8, 4) is 0 Å². The molecular formula is C23H28N4O3. The summed E-state index contributed by atoms with van der Waals surface area (Å²) in [5.74, 6) is 0. The number of carbonyl (C=O) groups excluding carboxylic acids is 2. The topological polar surface area (TPSA) is 84.9 Å². The zero-order valence-electron chi connectivity index (χ0n) is 17.2. The number of hydrogen-bond donors (Lipinski definition) is 3. The molecule has 2 saturated heterocycles. The molecule has 0 bridgehead atoms. The van der Waals surface area contributed by atoms with Crippen molar-refractivity contribution in [2.75, 3.05) is 19.7 Å². The average Bonchev–Trinajstić information content (AvgIpc) is 3.17. The van der Waals surface area contributed by atoms with Crippen molar-refractivity contribution in [2.24, 2.45) is 0 Å². The number of aliphatic hydroxyl groups excluding tert-OH is 1. The number of urea groups is 2. The summed E-state index contributed by atoms with van der Waals surface area (Å²) in [4.78, 5) is 30.2. The van der Waals surface area contributed by atoms with Crippen LogP contribution in [-0.2, 0) is 11.3 Å². The second kappa shape index (κ2) is 7.99. The maximum absolute atomic E-state index is 13.4. The molecule has 2 unspecified atom stereocenters. The minimum Gasteiger partial charge on any atom is -0.396 e. The van der Waals surface area contributed by atoms with Crippen LogP contribution in [0.5, 0.6) is 0 Å². The molecule has 2 heterocycles. The molecule has 4 rings (SSSR count). The zero-order chi connectivity index (χ0) is 21.2. The van der Waals surface area contributed by atoms with Gasteiger partial charge in [-0.1, -0.05) is 74.0 Å². The predicted octanol–water partition coefficient (Wildman–Crippen LogP) is 2.93. The van der Waals surface area contributed by atoms with E-state index < -0.39 is 11.3 Å². The summed E-state index contributed by atoms with van der Waals surface area (Å²) < 4.78 is 0. The van der Waals surface area contributed by atoms with Crippen LogP contribution in [0.25, 0.3) is 0 Å². The molecular weight excluding hydrogens is 380 g/mol. The second-order valence-electron chi connectivity index (χ2n) is 7.75. The van der Waals surface area contributed by atoms with Crippen molar-refractivity contribution in [2.45, 2.75) is 37.5 Å². The number of benzene rings is 2. The van der Waals surface area contributed by atoms with Crippen molar-refractivity contribution < 1.29 is 14.7 Å². The standard InChI is InChI=1S/C23H28N4O3/c1-2-3-15-26-20(29)24-22(18-11-6-4-7-12-18)23(26,19-13-8-5-9-14-19)27(16-10-17-28)21(30)25-22/h4-9,11-14,28H,2-3,10,15-17H2,1H3,(H,24,29)(H,25,30). The summed E-state index contributed by atoms with van der Waals surface area (Å²) >= 11 is 0. The summed E-state index contributed by atoms with van der Waals surface area (Å²) in [6.07, 6.45) is 2.16. The van der Waals surface area contributed by atoms with E-state index in [9.17, 15) is 14.7 Å². The Hall–Kier alpha value is -3.06. The van der Waals surface area contributed by atoms with Crippen molar-refractivity contribution in [1.82, 2.24) is 20.4 Å². The number of aliphatic hydroxyl groups is 1. The smallest absolute Gasteiger partial charge is 0.321 e. The molecule has 2 aliphatic heterocycles. The number of nitrogens with zero attached hydrogens (tertiary/aromatic N) is 2. The van der Waals surface area contributed by atoms with Gasteiger partial charge in [0.25, 0.3) is 0 Å². The van der Waals surface area contributed by atoms with Crippen LogP contribution in [0.2, 0.25) is 0 Å². The molecule has 2 aromatic carbocycles. The molecule has 0 aromatic heterocycles. The minimum absolute atomic E-state index is 0.0384. The van der Waals surface area contributed by atoms with E-state index in [0.29, 0.717) is 19.5 Å². The van der Waals surface area contributed by atoms with Gasteiger partial charge in [-0.3, -0.25) is 9.80 Å². The highest BCUT2D eigenvalue weighted by molar-refractivity contribution is 5.89. The first kappa shape index (κ1) is 20.2. The minimum atomic E-state index is -1.15. The number of fused-ring (bicyclic) bond motifs is 1. The van der Waals surface area contributed by atoms with Gasteiger partial charge in [0.1, 0.15) is 0 Å². The van der Waals surface area contributed by atoms with Gasteiger partial charge in [-0.2, -0.15) is 0 Å². The molecule has 2 fully saturated rings. The highest BCUT2D eigenvalue weighted by Crippen LogP contribution is 2.53. The number of amides is 4. The van der Waals surface area contributed by atoms with Crippen LogP contribution in [0.15, 0.2) is 60.7 Å². The number of nitrogens with one attached hydrogen (secondary N) is 2. The van der Waals surface area contributed by atoms with E-state index in [1.54, 1.807) is 9.80 Å². The maximum Gasteiger partial charge on any atom is 0.321 e. The number of rotatable bonds is 8. The van der Waals surface area contributed by atoms with E-state index in [2.05, 4.69) is 17.6 Å². The van der Waals surface area contributed by atoms with Crippen LogP contribution in [0.4, 0.5) is 9.59 Å². The molecule has 0 radical (unpaired) electrons. The molecule has 30 heavy (non-hydrogen) atoms. The Balaban J connectivity index is 2.00. The molecule has 0 saturated carbocycles. The van der Waals surface area contributed by atoms with Gasteiger partial charge in [0.05, 0.1) is 0 Å². The summed E-state index contributed by atoms with van der Waals surface area (Å²) in [6, 6.07) is 18.8. The lowest BCUT2D eigenvalue weighted by Crippen LogP contribution is -2.62. The van der Waals surface area contributed by atoms with Crippen LogP contribution < -0.4 is 10.6 Å². The Labute approximate surface area is 176 Å². The fourth-order valence-electron chi connectivity index (χ4n) is 4.81. The van der Waals surface area contributed by atoms with E-state index in [1.807, 2.05) is 60.7 Å². The van der Waals surface area contributed by atoms with Gasteiger partial charge in [-0.25, -0.2) is 9.59 Å². The summed E-state index contributed by atoms with van der Waals surface area (Å²) in [5, 5.41) is 15.7. The summed E-state index contributed by atoms with van der Waals surface area (Å²) in [7, 11) is 0. The molecule has 4 amide bonds. The van der Waals surface area contributed by atoms with Crippen LogP contribution in [-0.4, -0.2) is 46.7 Å². The molecule has 0 aliphatic carbocycles. The average molecular weight is 409 g/mol. The molecule has 0 spiro atoms. The maximum atomic E-state index is 13.4. The monoisotopic (exact) mass is 408 g/mol. The first-order valence-electron chi connectivity index (χ1n) is 10.5. The lowest BCUT2D eigenvalue weighted by molar-refractivity contribution is -0.0154. The molecule has 2 aliphatic rings. The van der Waals surface area contributed by atoms with Gasteiger partial charge in [0.2, 0.25) is 0 Å². The molecule has 2 atom stereocenters. The Morgan fingerprint density at radius 3 is 1.80 bits per heavy atom. The van der Waals surface area contributed by atoms with Crippen molar-refractivity contribution >= 4 is 12.1 Å². The van der Waals surface area contributed by atoms with Gasteiger partial charge in [-0.05, 0) is 12.8 Å². The predicted molar refractivity (Wildman–Crippen MR) is 113 cm³/mol. The van der Waals surface area contributed by atoms with Crippen LogP contribution in [0, 0.1) is 0 Å². The van der Waals surface area contributed by atoms with Gasteiger partial charge in [-0.15, -0.1) is 0 Å². The summed E-state index contributed by atoms with van der Waals surface area (Å²) in [6.45, 7) is 2.87. The Bertz CT molecular complexity index is 873. The van der Waals surface area contributed by atoms with Gasteiger partial charge in [0, 0.05) is 30.8 Å². The van der Waals surface area contributed by atoms with Crippen molar-refractivity contribution in [1.29, 1.82) is 0 Å².